The molecule has 2 aromatic carbocycles. The number of phenolic OH excluding ortho intramolecular Hbond substituents is 1. The second-order valence-corrected chi connectivity index (χ2v) is 6.99. The van der Waals surface area contributed by atoms with Crippen LogP contribution in [0.15, 0.2) is 59.1 Å². The van der Waals surface area contributed by atoms with Crippen molar-refractivity contribution in [2.75, 3.05) is 5.32 Å². The number of hydrogen-bond donors (Lipinski definition) is 3. The van der Waals surface area contributed by atoms with Crippen molar-refractivity contribution >= 4 is 33.7 Å². The number of benzene rings is 2. The number of rotatable bonds is 6. The van der Waals surface area contributed by atoms with E-state index in [4.69, 9.17) is 9.84 Å². The molecule has 142 valence electrons. The average Bonchev–Trinajstić information content (AvgIpc) is 2.62. The molecule has 0 unspecified atom stereocenters. The van der Waals surface area contributed by atoms with Gasteiger partial charge in [-0.25, -0.2) is 9.59 Å². The third-order valence-electron chi connectivity index (χ3n) is 3.85. The molecule has 0 fully saturated rings. The number of carboxylic acid groups (broad SMARTS) is 1. The minimum Gasteiger partial charge on any atom is -0.508 e. The number of phenols is 1. The average molecular weight is 434 g/mol. The van der Waals surface area contributed by atoms with Gasteiger partial charge in [0.05, 0.1) is 0 Å². The number of ether oxygens (including phenoxy) is 1. The Kier molecular flexibility index (Phi) is 7.01. The van der Waals surface area contributed by atoms with Gasteiger partial charge in [0, 0.05) is 27.7 Å². The molecule has 7 heteroatoms. The molecule has 3 N–H and O–H groups in total. The SMILES string of the molecule is Cc1ccc(NC(=O)O[C@H](c2cc(Br)ccc2O)[C@H](C)/C=C/C(=O)O)cc1. The van der Waals surface area contributed by atoms with Crippen molar-refractivity contribution in [3.8, 4) is 5.75 Å². The summed E-state index contributed by atoms with van der Waals surface area (Å²) in [6.07, 6.45) is 0.794. The number of hydrogen-bond acceptors (Lipinski definition) is 4. The van der Waals surface area contributed by atoms with E-state index in [1.54, 1.807) is 31.2 Å². The van der Waals surface area contributed by atoms with Gasteiger partial charge >= 0.3 is 12.1 Å². The summed E-state index contributed by atoms with van der Waals surface area (Å²) in [5, 5.41) is 21.7. The topological polar surface area (TPSA) is 95.9 Å². The van der Waals surface area contributed by atoms with E-state index in [9.17, 15) is 14.7 Å². The summed E-state index contributed by atoms with van der Waals surface area (Å²) in [6.45, 7) is 3.63. The lowest BCUT2D eigenvalue weighted by Crippen LogP contribution is -2.21. The number of aromatic hydroxyl groups is 1. The summed E-state index contributed by atoms with van der Waals surface area (Å²) in [7, 11) is 0. The molecule has 0 saturated heterocycles. The smallest absolute Gasteiger partial charge is 0.412 e. The summed E-state index contributed by atoms with van der Waals surface area (Å²) in [5.41, 5.74) is 1.99. The molecule has 0 saturated carbocycles. The van der Waals surface area contributed by atoms with E-state index >= 15 is 0 Å². The van der Waals surface area contributed by atoms with Gasteiger partial charge in [-0.3, -0.25) is 5.32 Å². The van der Waals surface area contributed by atoms with Crippen LogP contribution in [0.1, 0.15) is 24.2 Å². The van der Waals surface area contributed by atoms with Crippen LogP contribution in [-0.2, 0) is 9.53 Å². The highest BCUT2D eigenvalue weighted by Gasteiger charge is 2.25. The molecule has 0 spiro atoms. The Labute approximate surface area is 165 Å². The van der Waals surface area contributed by atoms with Crippen LogP contribution in [0.25, 0.3) is 0 Å². The second-order valence-electron chi connectivity index (χ2n) is 6.08. The molecule has 27 heavy (non-hydrogen) atoms. The Bertz CT molecular complexity index is 848. The lowest BCUT2D eigenvalue weighted by molar-refractivity contribution is -0.131. The van der Waals surface area contributed by atoms with E-state index < -0.39 is 24.1 Å². The number of halogens is 1. The second kappa shape index (κ2) is 9.23. The Balaban J connectivity index is 2.25. The molecule has 2 rings (SSSR count). The minimum absolute atomic E-state index is 0.0538. The monoisotopic (exact) mass is 433 g/mol. The van der Waals surface area contributed by atoms with Gasteiger partial charge in [0.15, 0.2) is 0 Å². The molecular formula is C20H20BrNO5. The number of amides is 1. The number of carboxylic acids is 1. The maximum Gasteiger partial charge on any atom is 0.412 e. The van der Waals surface area contributed by atoms with Gasteiger partial charge in [-0.2, -0.15) is 0 Å². The molecule has 6 nitrogen and oxygen atoms in total. The Morgan fingerprint density at radius 2 is 1.85 bits per heavy atom. The van der Waals surface area contributed by atoms with Gasteiger partial charge in [0.1, 0.15) is 11.9 Å². The zero-order valence-electron chi connectivity index (χ0n) is 14.8. The highest BCUT2D eigenvalue weighted by molar-refractivity contribution is 9.10. The van der Waals surface area contributed by atoms with Gasteiger partial charge < -0.3 is 14.9 Å². The standard InChI is InChI=1S/C20H20BrNO5/c1-12-3-7-15(8-4-12)22-20(26)27-19(13(2)5-10-18(24)25)16-11-14(21)6-9-17(16)23/h3-11,13,19,23H,1-2H3,(H,22,26)(H,24,25)/b10-5+/t13-,19+/m1/s1. The molecule has 1 amide bonds. The fourth-order valence-corrected chi connectivity index (χ4v) is 2.82. The van der Waals surface area contributed by atoms with Crippen LogP contribution in [0.2, 0.25) is 0 Å². The van der Waals surface area contributed by atoms with Crippen LogP contribution < -0.4 is 5.32 Å². The molecule has 2 atom stereocenters. The Hall–Kier alpha value is -2.80. The minimum atomic E-state index is -1.11. The molecule has 2 aromatic rings. The largest absolute Gasteiger partial charge is 0.508 e. The van der Waals surface area contributed by atoms with Gasteiger partial charge in [-0.05, 0) is 37.3 Å². The van der Waals surface area contributed by atoms with Gasteiger partial charge in [0.25, 0.3) is 0 Å². The molecule has 0 aliphatic heterocycles. The summed E-state index contributed by atoms with van der Waals surface area (Å²) >= 11 is 3.32. The molecular weight excluding hydrogens is 414 g/mol. The zero-order valence-corrected chi connectivity index (χ0v) is 16.4. The van der Waals surface area contributed by atoms with Crippen molar-refractivity contribution < 1.29 is 24.5 Å². The summed E-state index contributed by atoms with van der Waals surface area (Å²) in [5.74, 6) is -1.66. The van der Waals surface area contributed by atoms with Crippen molar-refractivity contribution in [2.45, 2.75) is 20.0 Å². The van der Waals surface area contributed by atoms with Crippen molar-refractivity contribution in [1.29, 1.82) is 0 Å². The first-order chi connectivity index (χ1) is 12.8. The third kappa shape index (κ3) is 6.14. The van der Waals surface area contributed by atoms with Crippen molar-refractivity contribution in [2.24, 2.45) is 5.92 Å². The first-order valence-electron chi connectivity index (χ1n) is 8.20. The summed E-state index contributed by atoms with van der Waals surface area (Å²) in [4.78, 5) is 23.2. The fraction of sp³-hybridized carbons (Fsp3) is 0.200. The normalized spacial score (nSPS) is 13.1. The predicted octanol–water partition coefficient (Wildman–Crippen LogP) is 5.03. The van der Waals surface area contributed by atoms with Crippen LogP contribution in [-0.4, -0.2) is 22.3 Å². The van der Waals surface area contributed by atoms with Crippen molar-refractivity contribution in [3.05, 3.63) is 70.2 Å². The zero-order chi connectivity index (χ0) is 20.0. The first-order valence-corrected chi connectivity index (χ1v) is 8.99. The number of carbonyl (C=O) groups excluding carboxylic acids is 1. The molecule has 0 radical (unpaired) electrons. The first kappa shape index (κ1) is 20.5. The van der Waals surface area contributed by atoms with E-state index in [2.05, 4.69) is 21.2 Å². The Morgan fingerprint density at radius 3 is 2.48 bits per heavy atom. The van der Waals surface area contributed by atoms with Crippen molar-refractivity contribution in [3.63, 3.8) is 0 Å². The maximum absolute atomic E-state index is 12.4. The molecule has 0 aliphatic rings. The highest BCUT2D eigenvalue weighted by atomic mass is 79.9. The van der Waals surface area contributed by atoms with E-state index in [0.29, 0.717) is 15.7 Å². The van der Waals surface area contributed by atoms with Crippen molar-refractivity contribution in [1.82, 2.24) is 0 Å². The number of aliphatic carboxylic acids is 1. The van der Waals surface area contributed by atoms with Crippen LogP contribution in [0, 0.1) is 12.8 Å². The van der Waals surface area contributed by atoms with E-state index in [-0.39, 0.29) is 5.75 Å². The van der Waals surface area contributed by atoms with Crippen LogP contribution in [0.3, 0.4) is 0 Å². The van der Waals surface area contributed by atoms with Crippen LogP contribution in [0.4, 0.5) is 10.5 Å². The molecule has 0 bridgehead atoms. The molecule has 0 heterocycles. The summed E-state index contributed by atoms with van der Waals surface area (Å²) in [6, 6.07) is 12.0. The quantitative estimate of drug-likeness (QED) is 0.555. The van der Waals surface area contributed by atoms with Gasteiger partial charge in [-0.15, -0.1) is 0 Å². The Morgan fingerprint density at radius 1 is 1.19 bits per heavy atom. The number of aryl methyl sites for hydroxylation is 1. The number of carbonyl (C=O) groups is 2. The predicted molar refractivity (Wildman–Crippen MR) is 106 cm³/mol. The van der Waals surface area contributed by atoms with Crippen LogP contribution in [0.5, 0.6) is 5.75 Å². The third-order valence-corrected chi connectivity index (χ3v) is 4.34. The van der Waals surface area contributed by atoms with Gasteiger partial charge in [0.2, 0.25) is 0 Å². The van der Waals surface area contributed by atoms with Crippen LogP contribution >= 0.6 is 15.9 Å². The number of nitrogens with one attached hydrogen (secondary N) is 1. The number of anilines is 1. The van der Waals surface area contributed by atoms with E-state index in [0.717, 1.165) is 11.6 Å². The van der Waals surface area contributed by atoms with Gasteiger partial charge in [-0.1, -0.05) is 46.6 Å². The van der Waals surface area contributed by atoms with E-state index in [1.165, 1.54) is 12.1 Å². The lowest BCUT2D eigenvalue weighted by Gasteiger charge is -2.23. The van der Waals surface area contributed by atoms with E-state index in [1.807, 2.05) is 19.1 Å². The fourth-order valence-electron chi connectivity index (χ4n) is 2.44. The highest BCUT2D eigenvalue weighted by Crippen LogP contribution is 2.35. The maximum atomic E-state index is 12.4. The molecule has 0 aliphatic carbocycles. The molecule has 0 aromatic heterocycles. The lowest BCUT2D eigenvalue weighted by atomic mass is 9.96. The summed E-state index contributed by atoms with van der Waals surface area (Å²) < 4.78 is 6.22.